The summed E-state index contributed by atoms with van der Waals surface area (Å²) in [5, 5.41) is 4.87. The highest BCUT2D eigenvalue weighted by Crippen LogP contribution is 2.55. The summed E-state index contributed by atoms with van der Waals surface area (Å²) in [7, 11) is 0. The lowest BCUT2D eigenvalue weighted by atomic mass is 9.78. The number of hydrogen-bond acceptors (Lipinski definition) is 2. The summed E-state index contributed by atoms with van der Waals surface area (Å²) in [5.74, 6) is 0. The van der Waals surface area contributed by atoms with Crippen LogP contribution in [0.2, 0.25) is 0 Å². The zero-order valence-corrected chi connectivity index (χ0v) is 62.1. The van der Waals surface area contributed by atoms with Gasteiger partial charge < -0.3 is 9.13 Å². The van der Waals surface area contributed by atoms with Crippen LogP contribution in [0.5, 0.6) is 0 Å². The molecule has 0 atom stereocenters. The summed E-state index contributed by atoms with van der Waals surface area (Å²) in [4.78, 5) is 11.0. The molecule has 0 saturated carbocycles. The van der Waals surface area contributed by atoms with Gasteiger partial charge in [-0.05, 0) is 250 Å². The minimum Gasteiger partial charge on any atom is -0.309 e. The molecule has 0 aliphatic heterocycles. The van der Waals surface area contributed by atoms with Gasteiger partial charge in [0, 0.05) is 65.7 Å². The quantitative estimate of drug-likeness (QED) is 0.152. The minimum atomic E-state index is -0.110. The standard InChI is InChI=1S/C104H78N4/c1-101(2)85-23-13-9-19-73(85)77-45-33-67(57-89(77)101)63-37-49-95-81(53-63)82-54-64(68-34-46-78-74-20-10-14-24-86(74)102(3,4)90(78)58-68)38-50-96(82)107(95)71-41-29-61(30-42-71)99-100(106-94-28-18-17-27-93(94)105-99)62-31-43-72(44-32-62)108-97-51-39-65(69-35-47-79-75-21-11-15-25-87(75)103(5,6)91(79)59-69)55-83(97)84-56-66(40-52-98(84)108)70-36-48-80-76-22-12-16-26-88(76)104(7,8)92(80)60-70/h9-15,17-25,27-60H,16,26H2,1-8H3. The lowest BCUT2D eigenvalue weighted by molar-refractivity contribution is 0.607. The summed E-state index contributed by atoms with van der Waals surface area (Å²) in [6, 6.07) is 110. The Hall–Kier alpha value is -12.5. The predicted octanol–water partition coefficient (Wildman–Crippen LogP) is 27.1. The first kappa shape index (κ1) is 62.8. The smallest absolute Gasteiger partial charge is 0.0973 e. The Balaban J connectivity index is 0.649. The number of hydrogen-bond donors (Lipinski definition) is 0. The molecule has 0 radical (unpaired) electrons. The van der Waals surface area contributed by atoms with Gasteiger partial charge >= 0.3 is 0 Å². The molecular weight excluding hydrogens is 1310 g/mol. The second kappa shape index (κ2) is 22.5. The van der Waals surface area contributed by atoms with Crippen LogP contribution in [0.4, 0.5) is 0 Å². The molecule has 3 heterocycles. The van der Waals surface area contributed by atoms with E-state index >= 15 is 0 Å². The van der Waals surface area contributed by atoms with Gasteiger partial charge in [-0.15, -0.1) is 0 Å². The van der Waals surface area contributed by atoms with Gasteiger partial charge in [0.25, 0.3) is 0 Å². The van der Waals surface area contributed by atoms with Crippen LogP contribution in [0.1, 0.15) is 113 Å². The van der Waals surface area contributed by atoms with E-state index in [4.69, 9.17) is 9.97 Å². The fraction of sp³-hybridized carbons (Fsp3) is 0.135. The Morgan fingerprint density at radius 3 is 0.907 bits per heavy atom. The van der Waals surface area contributed by atoms with E-state index in [9.17, 15) is 0 Å². The van der Waals surface area contributed by atoms with Crippen molar-refractivity contribution in [1.29, 1.82) is 0 Å². The Kier molecular flexibility index (Phi) is 13.1. The summed E-state index contributed by atoms with van der Waals surface area (Å²) in [5.41, 5.74) is 43.6. The zero-order chi connectivity index (χ0) is 72.4. The Morgan fingerprint density at radius 1 is 0.259 bits per heavy atom. The molecule has 0 amide bonds. The number of rotatable bonds is 8. The minimum absolute atomic E-state index is 0.0242. The number of allylic oxidation sites excluding steroid dienone is 4. The molecular formula is C104H78N4. The van der Waals surface area contributed by atoms with E-state index in [1.807, 2.05) is 0 Å². The van der Waals surface area contributed by atoms with E-state index in [0.29, 0.717) is 0 Å². The first-order valence-corrected chi connectivity index (χ1v) is 38.5. The number of nitrogens with zero attached hydrogens (tertiary/aromatic N) is 4. The Morgan fingerprint density at radius 2 is 0.546 bits per heavy atom. The summed E-state index contributed by atoms with van der Waals surface area (Å²) < 4.78 is 4.92. The van der Waals surface area contributed by atoms with Crippen LogP contribution in [0.25, 0.3) is 172 Å². The molecule has 514 valence electrons. The Labute approximate surface area is 630 Å². The van der Waals surface area contributed by atoms with Gasteiger partial charge in [-0.1, -0.05) is 255 Å². The zero-order valence-electron chi connectivity index (χ0n) is 62.1. The maximum Gasteiger partial charge on any atom is 0.0973 e. The van der Waals surface area contributed by atoms with E-state index in [-0.39, 0.29) is 21.7 Å². The summed E-state index contributed by atoms with van der Waals surface area (Å²) >= 11 is 0. The van der Waals surface area contributed by atoms with Crippen LogP contribution in [0, 0.1) is 0 Å². The highest BCUT2D eigenvalue weighted by molar-refractivity contribution is 6.14. The number of fused-ring (bicyclic) bond motifs is 18. The molecule has 0 saturated heterocycles. The van der Waals surface area contributed by atoms with Crippen molar-refractivity contribution in [3.8, 4) is 112 Å². The van der Waals surface area contributed by atoms with Crippen LogP contribution in [-0.2, 0) is 21.7 Å². The largest absolute Gasteiger partial charge is 0.309 e. The van der Waals surface area contributed by atoms with Crippen LogP contribution in [0.3, 0.4) is 0 Å². The molecule has 108 heavy (non-hydrogen) atoms. The van der Waals surface area contributed by atoms with Crippen molar-refractivity contribution in [2.24, 2.45) is 0 Å². The van der Waals surface area contributed by atoms with Crippen molar-refractivity contribution in [2.45, 2.75) is 89.9 Å². The lowest BCUT2D eigenvalue weighted by Crippen LogP contribution is -2.17. The SMILES string of the molecule is CC1(C)C2=C(C=CCC2)c2ccc(-c3ccc4c(c3)c3cc(-c5ccc6c(c5)C(C)(C)c5ccccc5-6)ccc3n4-c3ccc(-c4nc5ccccc5nc4-c4ccc(-n5c6ccc(-c7ccc8c(c7)C(C)(C)c7ccccc7-8)cc6c6cc(-c7ccc8c(c7)C(C)(C)c7ccccc7-8)ccc65)cc4)cc3)cc21. The monoisotopic (exact) mass is 1380 g/mol. The summed E-state index contributed by atoms with van der Waals surface area (Å²) in [6.07, 6.45) is 6.94. The summed E-state index contributed by atoms with van der Waals surface area (Å²) in [6.45, 7) is 19.1. The van der Waals surface area contributed by atoms with Crippen LogP contribution < -0.4 is 0 Å². The maximum absolute atomic E-state index is 5.50. The topological polar surface area (TPSA) is 35.6 Å². The van der Waals surface area contributed by atoms with E-state index < -0.39 is 0 Å². The van der Waals surface area contributed by atoms with Crippen molar-refractivity contribution < 1.29 is 0 Å². The first-order valence-electron chi connectivity index (χ1n) is 38.5. The first-order chi connectivity index (χ1) is 52.5. The highest BCUT2D eigenvalue weighted by Gasteiger charge is 2.40. The third kappa shape index (κ3) is 8.98. The van der Waals surface area contributed by atoms with Crippen LogP contribution >= 0.6 is 0 Å². The Bertz CT molecular complexity index is 6730. The van der Waals surface area contributed by atoms with E-state index in [0.717, 1.165) is 79.8 Å². The van der Waals surface area contributed by atoms with Crippen molar-refractivity contribution in [2.75, 3.05) is 0 Å². The molecule has 4 nitrogen and oxygen atoms in total. The predicted molar refractivity (Wildman–Crippen MR) is 452 cm³/mol. The molecule has 5 aliphatic carbocycles. The second-order valence-corrected chi connectivity index (χ2v) is 33.1. The molecule has 0 N–H and O–H groups in total. The maximum atomic E-state index is 5.50. The van der Waals surface area contributed by atoms with Crippen molar-refractivity contribution in [3.63, 3.8) is 0 Å². The van der Waals surface area contributed by atoms with Gasteiger partial charge in [0.05, 0.1) is 44.5 Å². The number of benzene rings is 14. The van der Waals surface area contributed by atoms with Crippen molar-refractivity contribution in [3.05, 3.63) is 353 Å². The number of aromatic nitrogens is 4. The van der Waals surface area contributed by atoms with E-state index in [1.54, 1.807) is 5.57 Å². The molecule has 22 rings (SSSR count). The van der Waals surface area contributed by atoms with E-state index in [2.05, 4.69) is 368 Å². The molecule has 0 fully saturated rings. The molecule has 3 aromatic heterocycles. The lowest BCUT2D eigenvalue weighted by Gasteiger charge is -2.26. The normalized spacial score (nSPS) is 15.6. The molecule has 0 unspecified atom stereocenters. The van der Waals surface area contributed by atoms with Crippen molar-refractivity contribution in [1.82, 2.24) is 19.1 Å². The van der Waals surface area contributed by atoms with Crippen molar-refractivity contribution >= 4 is 60.2 Å². The third-order valence-electron chi connectivity index (χ3n) is 25.9. The molecule has 0 spiro atoms. The van der Waals surface area contributed by atoms with Gasteiger partial charge in [0.2, 0.25) is 0 Å². The molecule has 14 aromatic carbocycles. The van der Waals surface area contributed by atoms with Crippen LogP contribution in [-0.4, -0.2) is 19.1 Å². The van der Waals surface area contributed by atoms with Gasteiger partial charge in [-0.25, -0.2) is 9.97 Å². The van der Waals surface area contributed by atoms with Crippen LogP contribution in [0.15, 0.2) is 309 Å². The molecule has 0 bridgehead atoms. The number of para-hydroxylation sites is 2. The van der Waals surface area contributed by atoms with Gasteiger partial charge in [0.15, 0.2) is 0 Å². The average molecular weight is 1380 g/mol. The van der Waals surface area contributed by atoms with Gasteiger partial charge in [0.1, 0.15) is 0 Å². The fourth-order valence-electron chi connectivity index (χ4n) is 20.1. The van der Waals surface area contributed by atoms with E-state index in [1.165, 1.54) is 150 Å². The molecule has 4 heteroatoms. The molecule has 17 aromatic rings. The third-order valence-corrected chi connectivity index (χ3v) is 25.9. The molecule has 5 aliphatic rings. The second-order valence-electron chi connectivity index (χ2n) is 33.1. The van der Waals surface area contributed by atoms with Gasteiger partial charge in [-0.3, -0.25) is 0 Å². The average Bonchev–Trinajstić information content (AvgIpc) is 1.31. The fourth-order valence-corrected chi connectivity index (χ4v) is 20.1. The van der Waals surface area contributed by atoms with Gasteiger partial charge in [-0.2, -0.15) is 0 Å². The highest BCUT2D eigenvalue weighted by atomic mass is 15.0.